The van der Waals surface area contributed by atoms with Crippen molar-refractivity contribution in [3.05, 3.63) is 102 Å². The van der Waals surface area contributed by atoms with Crippen LogP contribution in [0.3, 0.4) is 0 Å². The monoisotopic (exact) mass is 502 g/mol. The summed E-state index contributed by atoms with van der Waals surface area (Å²) in [5, 5.41) is 3.28. The second kappa shape index (κ2) is 11.4. The van der Waals surface area contributed by atoms with E-state index in [1.807, 2.05) is 48.5 Å². The molecule has 0 fully saturated rings. The molecule has 0 amide bonds. The Hall–Kier alpha value is -4.37. The van der Waals surface area contributed by atoms with Crippen molar-refractivity contribution in [2.75, 3.05) is 24.3 Å². The standard InChI is InChI=1S/C27H26N4O4S/c1-34-25-15-9-20(18-26(25)35-2)8-10-23-16-17-28-27(30-23)31-36(32,33)24-13-11-22(12-14-24)29-19-21-6-4-3-5-7-21/h3-18,29H,19H2,1-2H3,(H,28,30,31). The summed E-state index contributed by atoms with van der Waals surface area (Å²) in [5.74, 6) is 1.22. The Morgan fingerprint density at radius 3 is 2.33 bits per heavy atom. The third-order valence-electron chi connectivity index (χ3n) is 5.26. The van der Waals surface area contributed by atoms with E-state index in [0.29, 0.717) is 23.7 Å². The number of hydrogen-bond acceptors (Lipinski definition) is 7. The van der Waals surface area contributed by atoms with E-state index >= 15 is 0 Å². The third kappa shape index (κ3) is 6.39. The summed E-state index contributed by atoms with van der Waals surface area (Å²) in [4.78, 5) is 8.46. The fourth-order valence-corrected chi connectivity index (χ4v) is 4.33. The molecule has 0 unspecified atom stereocenters. The van der Waals surface area contributed by atoms with E-state index in [0.717, 1.165) is 16.8 Å². The quantitative estimate of drug-likeness (QED) is 0.312. The van der Waals surface area contributed by atoms with Crippen LogP contribution >= 0.6 is 0 Å². The van der Waals surface area contributed by atoms with Crippen LogP contribution in [0.1, 0.15) is 16.8 Å². The summed E-state index contributed by atoms with van der Waals surface area (Å²) in [6.45, 7) is 0.642. The highest BCUT2D eigenvalue weighted by atomic mass is 32.2. The average molecular weight is 503 g/mol. The summed E-state index contributed by atoms with van der Waals surface area (Å²) >= 11 is 0. The number of nitrogens with zero attached hydrogens (tertiary/aromatic N) is 2. The van der Waals surface area contributed by atoms with E-state index in [4.69, 9.17) is 9.47 Å². The van der Waals surface area contributed by atoms with Gasteiger partial charge in [-0.3, -0.25) is 0 Å². The largest absolute Gasteiger partial charge is 0.493 e. The lowest BCUT2D eigenvalue weighted by atomic mass is 10.1. The van der Waals surface area contributed by atoms with Gasteiger partial charge in [-0.25, -0.2) is 23.1 Å². The van der Waals surface area contributed by atoms with Crippen LogP contribution in [0, 0.1) is 0 Å². The van der Waals surface area contributed by atoms with Gasteiger partial charge >= 0.3 is 0 Å². The SMILES string of the molecule is COc1ccc(C=Cc2ccnc(NS(=O)(=O)c3ccc(NCc4ccccc4)cc3)n2)cc1OC. The maximum absolute atomic E-state index is 12.9. The van der Waals surface area contributed by atoms with Gasteiger partial charge in [0.1, 0.15) is 0 Å². The molecule has 0 aliphatic rings. The lowest BCUT2D eigenvalue weighted by Gasteiger charge is -2.09. The Labute approximate surface area is 210 Å². The van der Waals surface area contributed by atoms with Crippen molar-refractivity contribution in [3.8, 4) is 11.5 Å². The highest BCUT2D eigenvalue weighted by Gasteiger charge is 2.15. The van der Waals surface area contributed by atoms with Crippen molar-refractivity contribution in [3.63, 3.8) is 0 Å². The zero-order valence-electron chi connectivity index (χ0n) is 19.9. The van der Waals surface area contributed by atoms with Crippen LogP contribution in [0.4, 0.5) is 11.6 Å². The minimum atomic E-state index is -3.86. The zero-order chi connectivity index (χ0) is 25.4. The van der Waals surface area contributed by atoms with E-state index in [-0.39, 0.29) is 10.8 Å². The number of sulfonamides is 1. The second-order valence-corrected chi connectivity index (χ2v) is 9.40. The molecule has 0 atom stereocenters. The van der Waals surface area contributed by atoms with E-state index in [1.165, 1.54) is 18.3 Å². The van der Waals surface area contributed by atoms with Crippen LogP contribution in [0.15, 0.2) is 90.0 Å². The minimum Gasteiger partial charge on any atom is -0.493 e. The number of ether oxygens (including phenoxy) is 2. The van der Waals surface area contributed by atoms with Crippen LogP contribution in [-0.4, -0.2) is 32.6 Å². The predicted octanol–water partition coefficient (Wildman–Crippen LogP) is 5.08. The first-order valence-electron chi connectivity index (χ1n) is 11.1. The van der Waals surface area contributed by atoms with Gasteiger partial charge in [0, 0.05) is 18.4 Å². The van der Waals surface area contributed by atoms with Gasteiger partial charge in [-0.05, 0) is 59.7 Å². The van der Waals surface area contributed by atoms with Crippen molar-refractivity contribution in [1.29, 1.82) is 0 Å². The van der Waals surface area contributed by atoms with Gasteiger partial charge in [0.15, 0.2) is 11.5 Å². The van der Waals surface area contributed by atoms with Crippen LogP contribution in [0.5, 0.6) is 11.5 Å². The van der Waals surface area contributed by atoms with Gasteiger partial charge in [0.05, 0.1) is 24.8 Å². The smallest absolute Gasteiger partial charge is 0.264 e. The lowest BCUT2D eigenvalue weighted by Crippen LogP contribution is -2.15. The molecule has 0 radical (unpaired) electrons. The van der Waals surface area contributed by atoms with E-state index < -0.39 is 10.0 Å². The minimum absolute atomic E-state index is 0.0178. The molecule has 0 aliphatic heterocycles. The first-order chi connectivity index (χ1) is 17.5. The van der Waals surface area contributed by atoms with Crippen LogP contribution in [0.25, 0.3) is 12.2 Å². The Morgan fingerprint density at radius 2 is 1.61 bits per heavy atom. The van der Waals surface area contributed by atoms with Crippen molar-refractivity contribution in [2.24, 2.45) is 0 Å². The number of rotatable bonds is 10. The molecule has 8 nitrogen and oxygen atoms in total. The number of nitrogens with one attached hydrogen (secondary N) is 2. The normalized spacial score (nSPS) is 11.3. The van der Waals surface area contributed by atoms with Crippen LogP contribution in [0.2, 0.25) is 0 Å². The molecule has 2 N–H and O–H groups in total. The van der Waals surface area contributed by atoms with Gasteiger partial charge in [0.25, 0.3) is 10.0 Å². The molecule has 1 heterocycles. The van der Waals surface area contributed by atoms with Gasteiger partial charge < -0.3 is 14.8 Å². The fourth-order valence-electron chi connectivity index (χ4n) is 3.38. The molecule has 36 heavy (non-hydrogen) atoms. The summed E-state index contributed by atoms with van der Waals surface area (Å²) in [6, 6.07) is 23.7. The maximum atomic E-state index is 12.9. The summed E-state index contributed by atoms with van der Waals surface area (Å²) < 4.78 is 38.7. The zero-order valence-corrected chi connectivity index (χ0v) is 20.7. The second-order valence-electron chi connectivity index (χ2n) is 7.72. The molecule has 0 aliphatic carbocycles. The van der Waals surface area contributed by atoms with E-state index in [2.05, 4.69) is 20.0 Å². The van der Waals surface area contributed by atoms with Crippen LogP contribution in [-0.2, 0) is 16.6 Å². The molecule has 0 saturated carbocycles. The lowest BCUT2D eigenvalue weighted by molar-refractivity contribution is 0.355. The maximum Gasteiger partial charge on any atom is 0.264 e. The summed E-state index contributed by atoms with van der Waals surface area (Å²) in [6.07, 6.45) is 5.09. The third-order valence-corrected chi connectivity index (χ3v) is 6.61. The van der Waals surface area contributed by atoms with Gasteiger partial charge in [-0.2, -0.15) is 0 Å². The molecule has 184 valence electrons. The van der Waals surface area contributed by atoms with E-state index in [9.17, 15) is 8.42 Å². The number of aromatic nitrogens is 2. The molecule has 4 aromatic rings. The van der Waals surface area contributed by atoms with Crippen molar-refractivity contribution >= 4 is 33.8 Å². The molecule has 9 heteroatoms. The molecule has 0 bridgehead atoms. The predicted molar refractivity (Wildman–Crippen MR) is 142 cm³/mol. The Balaban J connectivity index is 1.42. The number of anilines is 2. The number of benzene rings is 3. The van der Waals surface area contributed by atoms with Gasteiger partial charge in [-0.15, -0.1) is 0 Å². The molecule has 0 spiro atoms. The van der Waals surface area contributed by atoms with Gasteiger partial charge in [0.2, 0.25) is 5.95 Å². The Morgan fingerprint density at radius 1 is 0.861 bits per heavy atom. The summed E-state index contributed by atoms with van der Waals surface area (Å²) in [7, 11) is -0.705. The molecule has 1 aromatic heterocycles. The first kappa shape index (κ1) is 24.7. The van der Waals surface area contributed by atoms with Crippen molar-refractivity contribution in [2.45, 2.75) is 11.4 Å². The fraction of sp³-hybridized carbons (Fsp3) is 0.111. The Kier molecular flexibility index (Phi) is 7.82. The average Bonchev–Trinajstić information content (AvgIpc) is 2.91. The molecular formula is C27H26N4O4S. The topological polar surface area (TPSA) is 102 Å². The van der Waals surface area contributed by atoms with E-state index in [1.54, 1.807) is 44.6 Å². The molecular weight excluding hydrogens is 476 g/mol. The molecule has 3 aromatic carbocycles. The highest BCUT2D eigenvalue weighted by molar-refractivity contribution is 7.92. The first-order valence-corrected chi connectivity index (χ1v) is 12.6. The highest BCUT2D eigenvalue weighted by Crippen LogP contribution is 2.28. The van der Waals surface area contributed by atoms with Crippen LogP contribution < -0.4 is 19.5 Å². The number of methoxy groups -OCH3 is 2. The van der Waals surface area contributed by atoms with Gasteiger partial charge in [-0.1, -0.05) is 42.5 Å². The summed E-state index contributed by atoms with van der Waals surface area (Å²) in [5.41, 5.74) is 3.36. The van der Waals surface area contributed by atoms with Crippen molar-refractivity contribution < 1.29 is 17.9 Å². The molecule has 4 rings (SSSR count). The molecule has 0 saturated heterocycles. The Bertz CT molecular complexity index is 1440. The number of hydrogen-bond donors (Lipinski definition) is 2. The van der Waals surface area contributed by atoms with Crippen molar-refractivity contribution in [1.82, 2.24) is 9.97 Å².